The van der Waals surface area contributed by atoms with E-state index in [4.69, 9.17) is 20.2 Å². The van der Waals surface area contributed by atoms with Crippen molar-refractivity contribution in [3.8, 4) is 11.5 Å². The van der Waals surface area contributed by atoms with Crippen molar-refractivity contribution in [2.45, 2.75) is 33.1 Å². The monoisotopic (exact) mass is 334 g/mol. The molecule has 0 spiro atoms. The smallest absolute Gasteiger partial charge is 0.232 e. The molecule has 0 fully saturated rings. The standard InChI is InChI=1S/C15H23ClO4S/c1-3-7-13(12-21(16,17)18)11-20-15-9-6-5-8-14(15)19-10-4-2/h5-6,8-9,13H,3-4,7,10-12H2,1-2H3. The van der Waals surface area contributed by atoms with E-state index in [1.807, 2.05) is 38.1 Å². The van der Waals surface area contributed by atoms with Gasteiger partial charge in [-0.1, -0.05) is 32.4 Å². The maximum absolute atomic E-state index is 11.2. The molecule has 0 N–H and O–H groups in total. The largest absolute Gasteiger partial charge is 0.490 e. The molecule has 21 heavy (non-hydrogen) atoms. The summed E-state index contributed by atoms with van der Waals surface area (Å²) in [5.41, 5.74) is 0. The first-order chi connectivity index (χ1) is 9.96. The Labute approximate surface area is 131 Å². The van der Waals surface area contributed by atoms with Gasteiger partial charge in [0.2, 0.25) is 9.05 Å². The Morgan fingerprint density at radius 1 is 1.10 bits per heavy atom. The first kappa shape index (κ1) is 18.1. The van der Waals surface area contributed by atoms with Crippen LogP contribution in [0.5, 0.6) is 11.5 Å². The third-order valence-corrected chi connectivity index (χ3v) is 4.16. The molecule has 0 aliphatic rings. The van der Waals surface area contributed by atoms with E-state index in [-0.39, 0.29) is 11.7 Å². The fraction of sp³-hybridized carbons (Fsp3) is 0.600. The molecule has 6 heteroatoms. The fourth-order valence-corrected chi connectivity index (χ4v) is 3.37. The van der Waals surface area contributed by atoms with Gasteiger partial charge < -0.3 is 9.47 Å². The number of rotatable bonds is 10. The van der Waals surface area contributed by atoms with Gasteiger partial charge in [-0.05, 0) is 25.0 Å². The lowest BCUT2D eigenvalue weighted by Crippen LogP contribution is -2.19. The highest BCUT2D eigenvalue weighted by molar-refractivity contribution is 8.13. The molecule has 0 amide bonds. The van der Waals surface area contributed by atoms with Crippen molar-refractivity contribution in [2.24, 2.45) is 5.92 Å². The van der Waals surface area contributed by atoms with E-state index < -0.39 is 9.05 Å². The normalized spacial score (nSPS) is 12.9. The molecule has 0 saturated carbocycles. The van der Waals surface area contributed by atoms with Crippen molar-refractivity contribution in [2.75, 3.05) is 19.0 Å². The van der Waals surface area contributed by atoms with Crippen molar-refractivity contribution in [1.82, 2.24) is 0 Å². The predicted octanol–water partition coefficient (Wildman–Crippen LogP) is 3.84. The molecular weight excluding hydrogens is 312 g/mol. The molecule has 0 aromatic heterocycles. The average Bonchev–Trinajstić information content (AvgIpc) is 2.42. The Balaban J connectivity index is 2.66. The van der Waals surface area contributed by atoms with Crippen molar-refractivity contribution in [1.29, 1.82) is 0 Å². The molecule has 0 radical (unpaired) electrons. The van der Waals surface area contributed by atoms with Crippen LogP contribution in [0.1, 0.15) is 33.1 Å². The number of halogens is 1. The van der Waals surface area contributed by atoms with Gasteiger partial charge in [0.15, 0.2) is 11.5 Å². The highest BCUT2D eigenvalue weighted by Gasteiger charge is 2.18. The Bertz CT molecular complexity index is 516. The van der Waals surface area contributed by atoms with Crippen LogP contribution in [0, 0.1) is 5.92 Å². The number of benzene rings is 1. The first-order valence-electron chi connectivity index (χ1n) is 7.23. The van der Waals surface area contributed by atoms with Gasteiger partial charge in [0.1, 0.15) is 0 Å². The minimum absolute atomic E-state index is 0.0691. The number of hydrogen-bond donors (Lipinski definition) is 0. The van der Waals surface area contributed by atoms with E-state index in [0.29, 0.717) is 24.7 Å². The van der Waals surface area contributed by atoms with E-state index in [1.54, 1.807) is 0 Å². The maximum atomic E-state index is 11.2. The molecule has 1 atom stereocenters. The summed E-state index contributed by atoms with van der Waals surface area (Å²) >= 11 is 0. The zero-order chi connectivity index (χ0) is 15.7. The maximum Gasteiger partial charge on any atom is 0.232 e. The quantitative estimate of drug-likeness (QED) is 0.610. The van der Waals surface area contributed by atoms with Gasteiger partial charge in [-0.2, -0.15) is 0 Å². The van der Waals surface area contributed by atoms with Crippen LogP contribution in [0.4, 0.5) is 0 Å². The van der Waals surface area contributed by atoms with Crippen molar-refractivity contribution in [3.05, 3.63) is 24.3 Å². The van der Waals surface area contributed by atoms with Gasteiger partial charge in [0.05, 0.1) is 19.0 Å². The molecule has 0 bridgehead atoms. The highest BCUT2D eigenvalue weighted by atomic mass is 35.7. The van der Waals surface area contributed by atoms with Gasteiger partial charge in [-0.15, -0.1) is 0 Å². The summed E-state index contributed by atoms with van der Waals surface area (Å²) in [7, 11) is 1.82. The van der Waals surface area contributed by atoms with Crippen LogP contribution in [-0.4, -0.2) is 27.4 Å². The van der Waals surface area contributed by atoms with Crippen molar-refractivity contribution in [3.63, 3.8) is 0 Å². The Kier molecular flexibility index (Phi) is 7.89. The van der Waals surface area contributed by atoms with Crippen molar-refractivity contribution < 1.29 is 17.9 Å². The zero-order valence-electron chi connectivity index (χ0n) is 12.5. The summed E-state index contributed by atoms with van der Waals surface area (Å²) in [6.07, 6.45) is 2.55. The molecule has 1 aromatic carbocycles. The van der Waals surface area contributed by atoms with Crippen LogP contribution in [0.2, 0.25) is 0 Å². The molecule has 120 valence electrons. The number of hydrogen-bond acceptors (Lipinski definition) is 4. The summed E-state index contributed by atoms with van der Waals surface area (Å²) in [4.78, 5) is 0. The number of ether oxygens (including phenoxy) is 2. The van der Waals surface area contributed by atoms with Crippen molar-refractivity contribution >= 4 is 19.7 Å². The van der Waals surface area contributed by atoms with E-state index >= 15 is 0 Å². The first-order valence-corrected chi connectivity index (χ1v) is 9.71. The minimum Gasteiger partial charge on any atom is -0.490 e. The van der Waals surface area contributed by atoms with Crippen LogP contribution in [0.3, 0.4) is 0 Å². The second kappa shape index (κ2) is 9.15. The Morgan fingerprint density at radius 3 is 2.24 bits per heavy atom. The molecule has 1 rings (SSSR count). The third-order valence-electron chi connectivity index (χ3n) is 2.92. The van der Waals surface area contributed by atoms with Crippen LogP contribution in [-0.2, 0) is 9.05 Å². The van der Waals surface area contributed by atoms with Crippen LogP contribution in [0.15, 0.2) is 24.3 Å². The summed E-state index contributed by atoms with van der Waals surface area (Å²) < 4.78 is 33.8. The van der Waals surface area contributed by atoms with Crippen LogP contribution < -0.4 is 9.47 Å². The Hall–Kier alpha value is -0.940. The Morgan fingerprint density at radius 2 is 1.71 bits per heavy atom. The van der Waals surface area contributed by atoms with E-state index in [9.17, 15) is 8.42 Å². The fourth-order valence-electron chi connectivity index (χ4n) is 2.01. The summed E-state index contributed by atoms with van der Waals surface area (Å²) in [5, 5.41) is 0. The third kappa shape index (κ3) is 7.58. The molecular formula is C15H23ClO4S. The second-order valence-electron chi connectivity index (χ2n) is 4.97. The van der Waals surface area contributed by atoms with E-state index in [2.05, 4.69) is 0 Å². The summed E-state index contributed by atoms with van der Waals surface area (Å²) in [6, 6.07) is 7.41. The van der Waals surface area contributed by atoms with E-state index in [1.165, 1.54) is 0 Å². The zero-order valence-corrected chi connectivity index (χ0v) is 14.1. The van der Waals surface area contributed by atoms with Gasteiger partial charge in [-0.25, -0.2) is 8.42 Å². The van der Waals surface area contributed by atoms with Gasteiger partial charge in [-0.3, -0.25) is 0 Å². The summed E-state index contributed by atoms with van der Waals surface area (Å²) in [6.45, 7) is 4.97. The van der Waals surface area contributed by atoms with Crippen LogP contribution >= 0.6 is 10.7 Å². The molecule has 0 saturated heterocycles. The highest BCUT2D eigenvalue weighted by Crippen LogP contribution is 2.27. The SMILES string of the molecule is CCCOc1ccccc1OCC(CCC)CS(=O)(=O)Cl. The van der Waals surface area contributed by atoms with Gasteiger partial charge in [0.25, 0.3) is 0 Å². The van der Waals surface area contributed by atoms with Gasteiger partial charge >= 0.3 is 0 Å². The minimum atomic E-state index is -3.51. The van der Waals surface area contributed by atoms with E-state index in [0.717, 1.165) is 19.3 Å². The number of para-hydroxylation sites is 2. The lowest BCUT2D eigenvalue weighted by Gasteiger charge is -2.17. The lowest BCUT2D eigenvalue weighted by atomic mass is 10.1. The predicted molar refractivity (Wildman–Crippen MR) is 85.8 cm³/mol. The topological polar surface area (TPSA) is 52.6 Å². The molecule has 0 aliphatic carbocycles. The molecule has 1 aromatic rings. The van der Waals surface area contributed by atoms with Crippen LogP contribution in [0.25, 0.3) is 0 Å². The molecule has 0 aliphatic heterocycles. The average molecular weight is 335 g/mol. The summed E-state index contributed by atoms with van der Waals surface area (Å²) in [5.74, 6) is 1.14. The molecule has 1 unspecified atom stereocenters. The van der Waals surface area contributed by atoms with Gasteiger partial charge in [0, 0.05) is 16.6 Å². The second-order valence-corrected chi connectivity index (χ2v) is 7.79. The molecule has 0 heterocycles. The lowest BCUT2D eigenvalue weighted by molar-refractivity contribution is 0.232. The molecule has 4 nitrogen and oxygen atoms in total.